The number of nitrogens with zero attached hydrogens (tertiary/aromatic N) is 3. The van der Waals surface area contributed by atoms with E-state index in [1.54, 1.807) is 5.49 Å². The van der Waals surface area contributed by atoms with Crippen molar-refractivity contribution in [1.82, 2.24) is 10.1 Å². The number of hydrogen-bond acceptors (Lipinski definition) is 4. The number of anilines is 1. The van der Waals surface area contributed by atoms with E-state index in [1.165, 1.54) is 12.1 Å². The average Bonchev–Trinajstić information content (AvgIpc) is 3.14. The third-order valence-electron chi connectivity index (χ3n) is 5.41. The summed E-state index contributed by atoms with van der Waals surface area (Å²) in [5, 5.41) is 4.27. The van der Waals surface area contributed by atoms with Gasteiger partial charge in [0.1, 0.15) is 11.5 Å². The van der Waals surface area contributed by atoms with Gasteiger partial charge in [-0.25, -0.2) is 0 Å². The van der Waals surface area contributed by atoms with Crippen LogP contribution in [0.1, 0.15) is 22.9 Å². The van der Waals surface area contributed by atoms with Crippen molar-refractivity contribution in [2.24, 2.45) is 0 Å². The zero-order valence-electron chi connectivity index (χ0n) is 16.3. The van der Waals surface area contributed by atoms with Gasteiger partial charge in [-0.1, -0.05) is 47.7 Å². The molecule has 1 aliphatic rings. The van der Waals surface area contributed by atoms with E-state index in [0.29, 0.717) is 25.4 Å². The molecule has 4 rings (SSSR count). The molecule has 30 heavy (non-hydrogen) atoms. The highest BCUT2D eigenvalue weighted by molar-refractivity contribution is 7.78. The fourth-order valence-corrected chi connectivity index (χ4v) is 4.10. The smallest absolute Gasteiger partial charge is 0.367 e. The summed E-state index contributed by atoms with van der Waals surface area (Å²) in [5.41, 5.74) is 4.37. The van der Waals surface area contributed by atoms with E-state index in [0.717, 1.165) is 34.6 Å². The van der Waals surface area contributed by atoms with Crippen LogP contribution in [-0.4, -0.2) is 35.2 Å². The lowest BCUT2D eigenvalue weighted by Crippen LogP contribution is -2.47. The summed E-state index contributed by atoms with van der Waals surface area (Å²) < 4.78 is 44.2. The third-order valence-corrected chi connectivity index (χ3v) is 5.68. The van der Waals surface area contributed by atoms with Crippen molar-refractivity contribution in [3.05, 3.63) is 71.5 Å². The molecule has 1 aliphatic heterocycles. The molecule has 0 N–H and O–H groups in total. The number of halogens is 3. The Kier molecular flexibility index (Phi) is 5.51. The van der Waals surface area contributed by atoms with Crippen LogP contribution in [0.25, 0.3) is 11.3 Å². The molecule has 8 heteroatoms. The van der Waals surface area contributed by atoms with E-state index < -0.39 is 11.7 Å². The number of aryl methyl sites for hydroxylation is 1. The van der Waals surface area contributed by atoms with E-state index in [9.17, 15) is 13.2 Å². The Morgan fingerprint density at radius 1 is 1.07 bits per heavy atom. The molecule has 2 aromatic carbocycles. The number of alkyl halides is 3. The second-order valence-corrected chi connectivity index (χ2v) is 7.43. The second kappa shape index (κ2) is 8.10. The quantitative estimate of drug-likeness (QED) is 0.510. The molecule has 0 spiro atoms. The molecular formula is C22H20F3N3OS. The first-order valence-corrected chi connectivity index (χ1v) is 10.0. The third kappa shape index (κ3) is 3.92. The Bertz CT molecular complexity index is 1020. The first-order chi connectivity index (χ1) is 14.4. The Labute approximate surface area is 177 Å². The summed E-state index contributed by atoms with van der Waals surface area (Å²) in [5.74, 6) is 0.704. The first kappa shape index (κ1) is 20.4. The van der Waals surface area contributed by atoms with E-state index in [2.05, 4.69) is 15.0 Å². The van der Waals surface area contributed by atoms with Crippen LogP contribution in [0.3, 0.4) is 0 Å². The number of hydrogen-bond donors (Lipinski definition) is 0. The van der Waals surface area contributed by atoms with Crippen LogP contribution < -0.4 is 4.90 Å². The van der Waals surface area contributed by atoms with Crippen LogP contribution in [-0.2, 0) is 6.18 Å². The maximum Gasteiger partial charge on any atom is 0.416 e. The average molecular weight is 431 g/mol. The molecule has 1 atom stereocenters. The summed E-state index contributed by atoms with van der Waals surface area (Å²) in [4.78, 5) is 4.13. The van der Waals surface area contributed by atoms with Crippen molar-refractivity contribution in [2.75, 3.05) is 24.5 Å². The van der Waals surface area contributed by atoms with Gasteiger partial charge in [0.05, 0.1) is 17.1 Å². The molecule has 0 bridgehead atoms. The van der Waals surface area contributed by atoms with Gasteiger partial charge < -0.3 is 14.3 Å². The Morgan fingerprint density at radius 3 is 2.40 bits per heavy atom. The Hall–Kier alpha value is -2.87. The van der Waals surface area contributed by atoms with Crippen LogP contribution in [0.2, 0.25) is 0 Å². The van der Waals surface area contributed by atoms with Gasteiger partial charge in [0, 0.05) is 36.4 Å². The zero-order chi connectivity index (χ0) is 21.3. The highest BCUT2D eigenvalue weighted by Gasteiger charge is 2.33. The van der Waals surface area contributed by atoms with Gasteiger partial charge in [0.2, 0.25) is 0 Å². The standard InChI is InChI=1S/C22H20F3N3OS/c1-15-20(21(26-29-15)16-5-3-2-4-6-16)19-13-27(11-12-28(19)14-30)18-9-7-17(8-10-18)22(23,24)25/h2-10,14,19H,11-13H2,1H3. The monoisotopic (exact) mass is 431 g/mol. The molecule has 1 unspecified atom stereocenters. The molecule has 156 valence electrons. The lowest BCUT2D eigenvalue weighted by atomic mass is 9.97. The normalized spacial score (nSPS) is 17.3. The fraction of sp³-hybridized carbons (Fsp3) is 0.273. The number of rotatable bonds is 4. The summed E-state index contributed by atoms with van der Waals surface area (Å²) in [6.07, 6.45) is -4.35. The van der Waals surface area contributed by atoms with Crippen LogP contribution in [0, 0.1) is 6.92 Å². The van der Waals surface area contributed by atoms with Crippen LogP contribution in [0.15, 0.2) is 59.1 Å². The lowest BCUT2D eigenvalue weighted by Gasteiger charge is -2.41. The van der Waals surface area contributed by atoms with Gasteiger partial charge >= 0.3 is 6.18 Å². The summed E-state index contributed by atoms with van der Waals surface area (Å²) in [6.45, 7) is 3.72. The Balaban J connectivity index is 1.67. The van der Waals surface area contributed by atoms with Crippen molar-refractivity contribution >= 4 is 23.4 Å². The molecule has 2 heterocycles. The largest absolute Gasteiger partial charge is 0.416 e. The summed E-state index contributed by atoms with van der Waals surface area (Å²) >= 11 is 5.25. The molecule has 1 fully saturated rings. The predicted molar refractivity (Wildman–Crippen MR) is 113 cm³/mol. The highest BCUT2D eigenvalue weighted by atomic mass is 32.1. The number of thiocarbonyl (C=S) groups is 1. The number of piperazine rings is 1. The van der Waals surface area contributed by atoms with Crippen LogP contribution in [0.5, 0.6) is 0 Å². The molecule has 3 aromatic rings. The van der Waals surface area contributed by atoms with E-state index in [4.69, 9.17) is 16.7 Å². The first-order valence-electron chi connectivity index (χ1n) is 9.53. The van der Waals surface area contributed by atoms with Gasteiger partial charge in [-0.15, -0.1) is 0 Å². The van der Waals surface area contributed by atoms with E-state index in [1.807, 2.05) is 37.3 Å². The van der Waals surface area contributed by atoms with Gasteiger partial charge in [-0.3, -0.25) is 0 Å². The highest BCUT2D eigenvalue weighted by Crippen LogP contribution is 2.37. The maximum atomic E-state index is 12.9. The fourth-order valence-electron chi connectivity index (χ4n) is 3.85. The van der Waals surface area contributed by atoms with Crippen LogP contribution >= 0.6 is 12.2 Å². The predicted octanol–water partition coefficient (Wildman–Crippen LogP) is 5.49. The zero-order valence-corrected chi connectivity index (χ0v) is 17.1. The topological polar surface area (TPSA) is 32.5 Å². The van der Waals surface area contributed by atoms with Gasteiger partial charge in [-0.05, 0) is 31.2 Å². The summed E-state index contributed by atoms with van der Waals surface area (Å²) in [7, 11) is 0. The SMILES string of the molecule is Cc1onc(-c2ccccc2)c1C1CN(c2ccc(C(F)(F)F)cc2)CCN1C=S. The van der Waals surface area contributed by atoms with Gasteiger partial charge in [0.15, 0.2) is 0 Å². The minimum atomic E-state index is -4.35. The molecule has 0 radical (unpaired) electrons. The molecule has 0 aliphatic carbocycles. The molecular weight excluding hydrogens is 411 g/mol. The maximum absolute atomic E-state index is 12.9. The number of aromatic nitrogens is 1. The van der Waals surface area contributed by atoms with Crippen molar-refractivity contribution in [1.29, 1.82) is 0 Å². The molecule has 4 nitrogen and oxygen atoms in total. The summed E-state index contributed by atoms with van der Waals surface area (Å²) in [6, 6.07) is 14.9. The van der Waals surface area contributed by atoms with Crippen LogP contribution in [0.4, 0.5) is 18.9 Å². The minimum absolute atomic E-state index is 0.125. The molecule has 0 amide bonds. The second-order valence-electron chi connectivity index (χ2n) is 7.22. The van der Waals surface area contributed by atoms with E-state index in [-0.39, 0.29) is 6.04 Å². The molecule has 1 saturated heterocycles. The minimum Gasteiger partial charge on any atom is -0.367 e. The van der Waals surface area contributed by atoms with Crippen molar-refractivity contribution in [3.63, 3.8) is 0 Å². The van der Waals surface area contributed by atoms with Crippen molar-refractivity contribution in [3.8, 4) is 11.3 Å². The molecule has 0 saturated carbocycles. The van der Waals surface area contributed by atoms with Gasteiger partial charge in [-0.2, -0.15) is 13.2 Å². The lowest BCUT2D eigenvalue weighted by molar-refractivity contribution is -0.137. The van der Waals surface area contributed by atoms with Gasteiger partial charge in [0.25, 0.3) is 0 Å². The van der Waals surface area contributed by atoms with Crippen molar-refractivity contribution in [2.45, 2.75) is 19.1 Å². The number of benzene rings is 2. The Morgan fingerprint density at radius 2 is 1.77 bits per heavy atom. The molecule has 1 aromatic heterocycles. The van der Waals surface area contributed by atoms with Crippen molar-refractivity contribution < 1.29 is 17.7 Å². The van der Waals surface area contributed by atoms with E-state index >= 15 is 0 Å².